The molecule has 0 aliphatic heterocycles. The van der Waals surface area contributed by atoms with Gasteiger partial charge in [-0.05, 0) is 60.2 Å². The smallest absolute Gasteiger partial charge is 0.262 e. The first-order valence-corrected chi connectivity index (χ1v) is 8.79. The lowest BCUT2D eigenvalue weighted by Gasteiger charge is -2.05. The molecular weight excluding hydrogens is 342 g/mol. The van der Waals surface area contributed by atoms with E-state index in [4.69, 9.17) is 11.6 Å². The molecule has 0 aromatic heterocycles. The van der Waals surface area contributed by atoms with Gasteiger partial charge in [0.1, 0.15) is 0 Å². The van der Waals surface area contributed by atoms with Crippen LogP contribution in [0, 0.1) is 12.0 Å². The van der Waals surface area contributed by atoms with Crippen molar-refractivity contribution in [1.29, 1.82) is 0 Å². The van der Waals surface area contributed by atoms with Crippen LogP contribution >= 0.6 is 11.6 Å². The molecule has 26 heavy (non-hydrogen) atoms. The molecule has 0 fully saturated rings. The molecule has 3 heteroatoms. The normalized spacial score (nSPS) is 9.88. The Morgan fingerprint density at radius 3 is 2.46 bits per heavy atom. The van der Waals surface area contributed by atoms with Crippen molar-refractivity contribution < 1.29 is 4.79 Å². The second-order valence-electron chi connectivity index (χ2n) is 5.86. The average Bonchev–Trinajstić information content (AvgIpc) is 2.68. The molecule has 0 spiro atoms. The van der Waals surface area contributed by atoms with Gasteiger partial charge in [-0.1, -0.05) is 60.1 Å². The maximum absolute atomic E-state index is 12.0. The fourth-order valence-corrected chi connectivity index (χ4v) is 2.86. The Morgan fingerprint density at radius 2 is 1.65 bits per heavy atom. The zero-order chi connectivity index (χ0) is 18.2. The Morgan fingerprint density at radius 1 is 0.885 bits per heavy atom. The van der Waals surface area contributed by atoms with Crippen LogP contribution < -0.4 is 5.32 Å². The van der Waals surface area contributed by atoms with Gasteiger partial charge in [0.25, 0.3) is 5.91 Å². The fourth-order valence-electron chi connectivity index (χ4n) is 2.65. The van der Waals surface area contributed by atoms with Crippen LogP contribution in [0.15, 0.2) is 78.9 Å². The van der Waals surface area contributed by atoms with Crippen LogP contribution in [0.4, 0.5) is 0 Å². The van der Waals surface area contributed by atoms with Gasteiger partial charge < -0.3 is 0 Å². The second kappa shape index (κ2) is 8.89. The van der Waals surface area contributed by atoms with E-state index in [9.17, 15) is 4.79 Å². The molecule has 128 valence electrons. The van der Waals surface area contributed by atoms with E-state index in [-0.39, 0.29) is 5.91 Å². The molecule has 0 unspecified atom stereocenters. The SMILES string of the molecule is O=C(NC#Cc1ccccc1CCc1cccc(Cl)c1)c1ccccc1. The third-order valence-corrected chi connectivity index (χ3v) is 4.23. The van der Waals surface area contributed by atoms with Crippen molar-refractivity contribution in [2.75, 3.05) is 0 Å². The molecule has 1 amide bonds. The molecule has 3 aromatic carbocycles. The molecule has 1 N–H and O–H groups in total. The number of carbonyl (C=O) groups is 1. The van der Waals surface area contributed by atoms with Crippen LogP contribution in [0.25, 0.3) is 0 Å². The number of hydrogen-bond donors (Lipinski definition) is 1. The topological polar surface area (TPSA) is 29.1 Å². The summed E-state index contributed by atoms with van der Waals surface area (Å²) < 4.78 is 0. The monoisotopic (exact) mass is 359 g/mol. The van der Waals surface area contributed by atoms with Gasteiger partial charge in [0, 0.05) is 22.2 Å². The van der Waals surface area contributed by atoms with Crippen LogP contribution in [0.3, 0.4) is 0 Å². The largest absolute Gasteiger partial charge is 0.281 e. The van der Waals surface area contributed by atoms with Gasteiger partial charge in [-0.15, -0.1) is 0 Å². The van der Waals surface area contributed by atoms with Gasteiger partial charge in [0.2, 0.25) is 0 Å². The summed E-state index contributed by atoms with van der Waals surface area (Å²) in [6, 6.07) is 27.7. The predicted octanol–water partition coefficient (Wildman–Crippen LogP) is 4.86. The van der Waals surface area contributed by atoms with Crippen molar-refractivity contribution in [3.05, 3.63) is 106 Å². The van der Waals surface area contributed by atoms with Crippen molar-refractivity contribution in [1.82, 2.24) is 5.32 Å². The highest BCUT2D eigenvalue weighted by Gasteiger charge is 2.03. The minimum Gasteiger partial charge on any atom is -0.281 e. The van der Waals surface area contributed by atoms with Gasteiger partial charge in [-0.25, -0.2) is 0 Å². The lowest BCUT2D eigenvalue weighted by Crippen LogP contribution is -2.17. The van der Waals surface area contributed by atoms with Crippen LogP contribution in [-0.4, -0.2) is 5.91 Å². The molecule has 0 bridgehead atoms. The number of hydrogen-bond acceptors (Lipinski definition) is 1. The first-order chi connectivity index (χ1) is 12.7. The van der Waals surface area contributed by atoms with Crippen LogP contribution in [0.1, 0.15) is 27.0 Å². The zero-order valence-electron chi connectivity index (χ0n) is 14.2. The van der Waals surface area contributed by atoms with E-state index in [1.165, 1.54) is 5.56 Å². The standard InChI is InChI=1S/C23H18ClNO/c24-22-12-6-7-18(17-22)13-14-19-8-4-5-9-20(19)15-16-25-23(26)21-10-2-1-3-11-21/h1-12,17H,13-14H2,(H,25,26). The van der Waals surface area contributed by atoms with Crippen LogP contribution in [-0.2, 0) is 12.8 Å². The van der Waals surface area contributed by atoms with E-state index < -0.39 is 0 Å². The van der Waals surface area contributed by atoms with Crippen molar-refractivity contribution >= 4 is 17.5 Å². The Balaban J connectivity index is 1.67. The molecule has 0 radical (unpaired) electrons. The molecule has 3 rings (SSSR count). The summed E-state index contributed by atoms with van der Waals surface area (Å²) in [4.78, 5) is 12.0. The van der Waals surface area contributed by atoms with Crippen LogP contribution in [0.5, 0.6) is 0 Å². The number of benzene rings is 3. The van der Waals surface area contributed by atoms with E-state index in [1.54, 1.807) is 12.1 Å². The molecule has 0 aliphatic carbocycles. The molecule has 3 aromatic rings. The number of rotatable bonds is 4. The number of nitrogens with one attached hydrogen (secondary N) is 1. The summed E-state index contributed by atoms with van der Waals surface area (Å²) in [5.74, 6) is 2.85. The molecule has 0 saturated heterocycles. The first-order valence-electron chi connectivity index (χ1n) is 8.41. The molecule has 0 heterocycles. The van der Waals surface area contributed by atoms with E-state index in [0.717, 1.165) is 29.0 Å². The van der Waals surface area contributed by atoms with Gasteiger partial charge in [0.15, 0.2) is 0 Å². The minimum atomic E-state index is -0.200. The molecule has 0 saturated carbocycles. The van der Waals surface area contributed by atoms with Crippen molar-refractivity contribution in [3.8, 4) is 12.0 Å². The molecular formula is C23H18ClNO. The Bertz CT molecular complexity index is 954. The van der Waals surface area contributed by atoms with Gasteiger partial charge in [0.05, 0.1) is 0 Å². The van der Waals surface area contributed by atoms with E-state index in [2.05, 4.69) is 29.4 Å². The van der Waals surface area contributed by atoms with Crippen molar-refractivity contribution in [3.63, 3.8) is 0 Å². The minimum absolute atomic E-state index is 0.200. The van der Waals surface area contributed by atoms with Gasteiger partial charge >= 0.3 is 0 Å². The van der Waals surface area contributed by atoms with Crippen LogP contribution in [0.2, 0.25) is 5.02 Å². The van der Waals surface area contributed by atoms with Gasteiger partial charge in [-0.2, -0.15) is 0 Å². The fraction of sp³-hybridized carbons (Fsp3) is 0.0870. The highest BCUT2D eigenvalue weighted by Crippen LogP contribution is 2.15. The Kier molecular flexibility index (Phi) is 6.09. The number of aryl methyl sites for hydroxylation is 2. The van der Waals surface area contributed by atoms with E-state index >= 15 is 0 Å². The third-order valence-electron chi connectivity index (χ3n) is 4.00. The van der Waals surface area contributed by atoms with Gasteiger partial charge in [-0.3, -0.25) is 10.1 Å². The Hall–Kier alpha value is -3.02. The maximum atomic E-state index is 12.0. The summed E-state index contributed by atoms with van der Waals surface area (Å²) in [6.45, 7) is 0. The number of carbonyl (C=O) groups excluding carboxylic acids is 1. The van der Waals surface area contributed by atoms with Crippen molar-refractivity contribution in [2.45, 2.75) is 12.8 Å². The summed E-state index contributed by atoms with van der Waals surface area (Å²) in [5, 5.41) is 3.39. The lowest BCUT2D eigenvalue weighted by atomic mass is 10.0. The number of halogens is 1. The summed E-state index contributed by atoms with van der Waals surface area (Å²) in [5.41, 5.74) is 3.85. The van der Waals surface area contributed by atoms with E-state index in [0.29, 0.717) is 5.56 Å². The second-order valence-corrected chi connectivity index (χ2v) is 6.29. The molecule has 0 aliphatic rings. The summed E-state index contributed by atoms with van der Waals surface area (Å²) >= 11 is 6.04. The first kappa shape index (κ1) is 17.8. The third kappa shape index (κ3) is 4.99. The average molecular weight is 360 g/mol. The highest BCUT2D eigenvalue weighted by atomic mass is 35.5. The van der Waals surface area contributed by atoms with E-state index in [1.807, 2.05) is 54.6 Å². The maximum Gasteiger partial charge on any atom is 0.262 e. The lowest BCUT2D eigenvalue weighted by molar-refractivity contribution is 0.0973. The highest BCUT2D eigenvalue weighted by molar-refractivity contribution is 6.30. The zero-order valence-corrected chi connectivity index (χ0v) is 15.0. The summed E-state index contributed by atoms with van der Waals surface area (Å²) in [6.07, 6.45) is 1.74. The predicted molar refractivity (Wildman–Crippen MR) is 106 cm³/mol. The molecule has 2 nitrogen and oxygen atoms in total. The summed E-state index contributed by atoms with van der Waals surface area (Å²) in [7, 11) is 0. The quantitative estimate of drug-likeness (QED) is 0.523. The van der Waals surface area contributed by atoms with Crippen molar-refractivity contribution in [2.24, 2.45) is 0 Å². The Labute approximate surface area is 158 Å². The number of amides is 1. The molecule has 0 atom stereocenters.